The van der Waals surface area contributed by atoms with Gasteiger partial charge in [-0.2, -0.15) is 0 Å². The summed E-state index contributed by atoms with van der Waals surface area (Å²) in [6, 6.07) is 0. The molecule has 0 spiro atoms. The van der Waals surface area contributed by atoms with E-state index in [0.717, 1.165) is 9.80 Å². The molecule has 0 aliphatic carbocycles. The van der Waals surface area contributed by atoms with Crippen molar-refractivity contribution in [2.75, 3.05) is 198 Å². The molecule has 1 heterocycles. The smallest absolute Gasteiger partial charge is 0.305 e. The van der Waals surface area contributed by atoms with E-state index in [9.17, 15) is 24.0 Å². The summed E-state index contributed by atoms with van der Waals surface area (Å²) in [5.41, 5.74) is 0. The molecule has 0 bridgehead atoms. The zero-order valence-electron chi connectivity index (χ0n) is 35.8. The molecule has 61 heavy (non-hydrogen) atoms. The number of carbonyl (C=O) groups excluding carboxylic acids is 4. The number of aliphatic carboxylic acids is 1. The molecule has 0 radical (unpaired) electrons. The summed E-state index contributed by atoms with van der Waals surface area (Å²) in [5, 5.41) is 11.6. The van der Waals surface area contributed by atoms with Crippen molar-refractivity contribution in [3.63, 3.8) is 0 Å². The molecule has 354 valence electrons. The van der Waals surface area contributed by atoms with Crippen LogP contribution in [-0.2, 0) is 85.6 Å². The summed E-state index contributed by atoms with van der Waals surface area (Å²) in [6.07, 6.45) is 2.00. The molecule has 0 aromatic heterocycles. The number of carboxylic acid groups (broad SMARTS) is 1. The van der Waals surface area contributed by atoms with Crippen LogP contribution in [0.25, 0.3) is 0 Å². The molecule has 0 saturated carbocycles. The van der Waals surface area contributed by atoms with Gasteiger partial charge in [0, 0.05) is 32.4 Å². The molecule has 0 aromatic carbocycles. The summed E-state index contributed by atoms with van der Waals surface area (Å²) in [5.74, 6) is -2.83. The SMILES string of the molecule is COCCOCCOCCOCCOCCOCCOCCOCCOCCOCCOCCOCCC(=O)N(CCC(=O)O)CC(=O)NCCOCCN1C(=O)C=CC1=O. The number of hydrogen-bond acceptors (Lipinski definition) is 18. The van der Waals surface area contributed by atoms with Crippen LogP contribution < -0.4 is 5.32 Å². The number of hydrogen-bond donors (Lipinski definition) is 2. The largest absolute Gasteiger partial charge is 0.481 e. The number of amides is 4. The van der Waals surface area contributed by atoms with Crippen LogP contribution in [0.3, 0.4) is 0 Å². The molecule has 1 aliphatic heterocycles. The van der Waals surface area contributed by atoms with Gasteiger partial charge in [-0.05, 0) is 0 Å². The maximum atomic E-state index is 12.7. The molecule has 22 nitrogen and oxygen atoms in total. The van der Waals surface area contributed by atoms with Gasteiger partial charge in [0.2, 0.25) is 11.8 Å². The van der Waals surface area contributed by atoms with Gasteiger partial charge < -0.3 is 76.9 Å². The van der Waals surface area contributed by atoms with Gasteiger partial charge in [0.05, 0.1) is 191 Å². The third-order valence-electron chi connectivity index (χ3n) is 7.82. The van der Waals surface area contributed by atoms with Crippen molar-refractivity contribution < 1.29 is 90.7 Å². The van der Waals surface area contributed by atoms with Crippen molar-refractivity contribution >= 4 is 29.6 Å². The Morgan fingerprint density at radius 2 is 0.852 bits per heavy atom. The minimum Gasteiger partial charge on any atom is -0.481 e. The van der Waals surface area contributed by atoms with Crippen molar-refractivity contribution in [1.82, 2.24) is 15.1 Å². The van der Waals surface area contributed by atoms with Gasteiger partial charge in [-0.3, -0.25) is 28.9 Å². The number of ether oxygens (including phenoxy) is 13. The molecule has 0 aromatic rings. The number of rotatable bonds is 47. The monoisotopic (exact) mass is 883 g/mol. The van der Waals surface area contributed by atoms with Crippen LogP contribution in [0, 0.1) is 0 Å². The Labute approximate surface area is 358 Å². The zero-order chi connectivity index (χ0) is 44.3. The lowest BCUT2D eigenvalue weighted by Crippen LogP contribution is -2.42. The van der Waals surface area contributed by atoms with Crippen LogP contribution in [0.1, 0.15) is 12.8 Å². The first-order chi connectivity index (χ1) is 29.8. The maximum Gasteiger partial charge on any atom is 0.305 e. The second-order valence-electron chi connectivity index (χ2n) is 12.6. The van der Waals surface area contributed by atoms with E-state index in [1.165, 1.54) is 12.2 Å². The van der Waals surface area contributed by atoms with E-state index in [2.05, 4.69) is 5.32 Å². The minimum absolute atomic E-state index is 0.0438. The van der Waals surface area contributed by atoms with Gasteiger partial charge in [0.1, 0.15) is 0 Å². The first-order valence-corrected chi connectivity index (χ1v) is 20.6. The minimum atomic E-state index is -1.10. The Balaban J connectivity index is 1.84. The van der Waals surface area contributed by atoms with Crippen molar-refractivity contribution in [3.05, 3.63) is 12.2 Å². The average molecular weight is 884 g/mol. The highest BCUT2D eigenvalue weighted by molar-refractivity contribution is 6.12. The Hall–Kier alpha value is -3.23. The molecular formula is C39H69N3O19. The molecule has 4 amide bonds. The summed E-state index contributed by atoms with van der Waals surface area (Å²) >= 11 is 0. The number of methoxy groups -OCH3 is 1. The molecule has 22 heteroatoms. The average Bonchev–Trinajstić information content (AvgIpc) is 3.57. The quantitative estimate of drug-likeness (QED) is 0.0526. The van der Waals surface area contributed by atoms with Crippen molar-refractivity contribution in [3.8, 4) is 0 Å². The second kappa shape index (κ2) is 42.1. The van der Waals surface area contributed by atoms with E-state index >= 15 is 0 Å². The topological polar surface area (TPSA) is 244 Å². The van der Waals surface area contributed by atoms with E-state index in [-0.39, 0.29) is 72.1 Å². The molecule has 0 saturated heterocycles. The molecule has 1 rings (SSSR count). The molecule has 2 N–H and O–H groups in total. The number of nitrogens with one attached hydrogen (secondary N) is 1. The predicted octanol–water partition coefficient (Wildman–Crippen LogP) is -1.43. The van der Waals surface area contributed by atoms with Gasteiger partial charge >= 0.3 is 5.97 Å². The summed E-state index contributed by atoms with van der Waals surface area (Å²) in [6.45, 7) is 9.97. The maximum absolute atomic E-state index is 12.7. The lowest BCUT2D eigenvalue weighted by Gasteiger charge is -2.21. The van der Waals surface area contributed by atoms with Crippen LogP contribution in [0.15, 0.2) is 12.2 Å². The Morgan fingerprint density at radius 1 is 0.508 bits per heavy atom. The fourth-order valence-electron chi connectivity index (χ4n) is 4.68. The Morgan fingerprint density at radius 3 is 1.21 bits per heavy atom. The van der Waals surface area contributed by atoms with E-state index < -0.39 is 29.6 Å². The fourth-order valence-corrected chi connectivity index (χ4v) is 4.68. The number of nitrogens with zero attached hydrogens (tertiary/aromatic N) is 2. The molecule has 0 atom stereocenters. The van der Waals surface area contributed by atoms with Crippen LogP contribution in [0.2, 0.25) is 0 Å². The van der Waals surface area contributed by atoms with E-state index in [1.807, 2.05) is 0 Å². The van der Waals surface area contributed by atoms with Crippen molar-refractivity contribution in [1.29, 1.82) is 0 Å². The molecule has 0 unspecified atom stereocenters. The first-order valence-electron chi connectivity index (χ1n) is 20.6. The van der Waals surface area contributed by atoms with E-state index in [0.29, 0.717) is 132 Å². The highest BCUT2D eigenvalue weighted by atomic mass is 16.6. The fraction of sp³-hybridized carbons (Fsp3) is 0.821. The normalized spacial score (nSPS) is 12.5. The Bertz CT molecular complexity index is 1130. The summed E-state index contributed by atoms with van der Waals surface area (Å²) in [7, 11) is 1.63. The number of carboxylic acids is 1. The third kappa shape index (κ3) is 36.0. The lowest BCUT2D eigenvalue weighted by molar-refractivity contribution is -0.141. The molecule has 0 fully saturated rings. The van der Waals surface area contributed by atoms with Gasteiger partial charge in [0.15, 0.2) is 0 Å². The van der Waals surface area contributed by atoms with Crippen molar-refractivity contribution in [2.24, 2.45) is 0 Å². The van der Waals surface area contributed by atoms with E-state index in [4.69, 9.17) is 66.7 Å². The number of imide groups is 1. The molecule has 1 aliphatic rings. The van der Waals surface area contributed by atoms with Crippen molar-refractivity contribution in [2.45, 2.75) is 12.8 Å². The third-order valence-corrected chi connectivity index (χ3v) is 7.82. The van der Waals surface area contributed by atoms with Crippen LogP contribution >= 0.6 is 0 Å². The number of carbonyl (C=O) groups is 5. The predicted molar refractivity (Wildman–Crippen MR) is 214 cm³/mol. The lowest BCUT2D eigenvalue weighted by atomic mass is 10.3. The second-order valence-corrected chi connectivity index (χ2v) is 12.6. The van der Waals surface area contributed by atoms with Crippen LogP contribution in [-0.4, -0.2) is 243 Å². The van der Waals surface area contributed by atoms with Crippen LogP contribution in [0.4, 0.5) is 0 Å². The van der Waals surface area contributed by atoms with Gasteiger partial charge in [0.25, 0.3) is 11.8 Å². The Kier molecular flexibility index (Phi) is 38.5. The van der Waals surface area contributed by atoms with E-state index in [1.54, 1.807) is 7.11 Å². The standard InChI is InChI=1S/C39H69N3O19/c1-49-12-13-52-16-17-54-20-21-56-24-25-58-28-29-60-32-33-61-31-30-59-27-26-57-23-22-55-19-18-53-15-14-50-9-5-36(44)41(7-4-39(47)48)34-35(43)40-6-10-51-11-8-42-37(45)2-3-38(42)46/h2-3H,4-34H2,1H3,(H,40,43)(H,47,48). The van der Waals surface area contributed by atoms with Gasteiger partial charge in [-0.1, -0.05) is 0 Å². The van der Waals surface area contributed by atoms with Crippen LogP contribution in [0.5, 0.6) is 0 Å². The summed E-state index contributed by atoms with van der Waals surface area (Å²) in [4.78, 5) is 61.3. The highest BCUT2D eigenvalue weighted by Crippen LogP contribution is 2.02. The highest BCUT2D eigenvalue weighted by Gasteiger charge is 2.22. The zero-order valence-corrected chi connectivity index (χ0v) is 35.8. The molecular weight excluding hydrogens is 814 g/mol. The summed E-state index contributed by atoms with van der Waals surface area (Å²) < 4.78 is 70.1. The van der Waals surface area contributed by atoms with Gasteiger partial charge in [-0.25, -0.2) is 0 Å². The first kappa shape index (κ1) is 55.8. The van der Waals surface area contributed by atoms with Gasteiger partial charge in [-0.15, -0.1) is 0 Å².